The first-order valence-corrected chi connectivity index (χ1v) is 4.72. The Hall–Kier alpha value is -1.10. The number of esters is 1. The van der Waals surface area contributed by atoms with Crippen molar-refractivity contribution in [3.8, 4) is 5.88 Å². The number of pyridine rings is 1. The number of aromatic nitrogens is 1. The third-order valence-corrected chi connectivity index (χ3v) is 2.20. The number of hydrogen-bond donors (Lipinski definition) is 0. The zero-order chi connectivity index (χ0) is 10.6. The van der Waals surface area contributed by atoms with E-state index in [1.54, 1.807) is 12.3 Å². The van der Waals surface area contributed by atoms with Gasteiger partial charge in [0.25, 0.3) is 0 Å². The Morgan fingerprint density at radius 2 is 2.29 bits per heavy atom. The van der Waals surface area contributed by atoms with E-state index in [-0.39, 0.29) is 12.4 Å². The van der Waals surface area contributed by atoms with Gasteiger partial charge >= 0.3 is 5.97 Å². The number of carbonyl (C=O) groups excluding carboxylic acids is 1. The van der Waals surface area contributed by atoms with Crippen molar-refractivity contribution in [1.82, 2.24) is 4.98 Å². The number of halogens is 1. The topological polar surface area (TPSA) is 48.4 Å². The van der Waals surface area contributed by atoms with Gasteiger partial charge in [0.15, 0.2) is 0 Å². The van der Waals surface area contributed by atoms with Crippen LogP contribution in [0.5, 0.6) is 5.88 Å². The van der Waals surface area contributed by atoms with Gasteiger partial charge in [-0.3, -0.25) is 4.79 Å². The van der Waals surface area contributed by atoms with Crippen molar-refractivity contribution < 1.29 is 14.3 Å². The first-order valence-electron chi connectivity index (χ1n) is 3.92. The van der Waals surface area contributed by atoms with Crippen molar-refractivity contribution in [2.24, 2.45) is 0 Å². The third kappa shape index (κ3) is 2.70. The minimum atomic E-state index is -0.288. The van der Waals surface area contributed by atoms with Gasteiger partial charge < -0.3 is 9.47 Å². The Morgan fingerprint density at radius 1 is 1.57 bits per heavy atom. The van der Waals surface area contributed by atoms with Gasteiger partial charge in [0, 0.05) is 6.20 Å². The predicted octanol–water partition coefficient (Wildman–Crippen LogP) is 1.57. The van der Waals surface area contributed by atoms with Gasteiger partial charge in [0.05, 0.1) is 25.1 Å². The Balaban J connectivity index is 2.81. The summed E-state index contributed by atoms with van der Waals surface area (Å²) in [6.07, 6.45) is 1.80. The Morgan fingerprint density at radius 3 is 2.79 bits per heavy atom. The van der Waals surface area contributed by atoms with Gasteiger partial charge in [-0.15, -0.1) is 0 Å². The molecule has 76 valence electrons. The highest BCUT2D eigenvalue weighted by atomic mass is 79.9. The molecule has 0 fully saturated rings. The lowest BCUT2D eigenvalue weighted by Gasteiger charge is -2.04. The third-order valence-electron chi connectivity index (χ3n) is 1.63. The van der Waals surface area contributed by atoms with E-state index in [2.05, 4.69) is 25.7 Å². The van der Waals surface area contributed by atoms with Crippen molar-refractivity contribution in [1.29, 1.82) is 0 Å². The molecular formula is C9H10BrNO3. The molecule has 1 aromatic rings. The molecule has 0 amide bonds. The molecule has 0 unspecified atom stereocenters. The number of nitrogens with zero attached hydrogens (tertiary/aromatic N) is 1. The summed E-state index contributed by atoms with van der Waals surface area (Å²) in [6.45, 7) is 0. The molecule has 0 spiro atoms. The number of carbonyl (C=O) groups is 1. The maximum atomic E-state index is 11.0. The van der Waals surface area contributed by atoms with Gasteiger partial charge in [-0.05, 0) is 27.6 Å². The summed E-state index contributed by atoms with van der Waals surface area (Å²) >= 11 is 3.28. The molecule has 14 heavy (non-hydrogen) atoms. The fourth-order valence-corrected chi connectivity index (χ4v) is 1.51. The van der Waals surface area contributed by atoms with Crippen LogP contribution < -0.4 is 4.74 Å². The minimum absolute atomic E-state index is 0.214. The van der Waals surface area contributed by atoms with Crippen LogP contribution in [0.25, 0.3) is 0 Å². The highest BCUT2D eigenvalue weighted by Crippen LogP contribution is 2.22. The van der Waals surface area contributed by atoms with E-state index >= 15 is 0 Å². The summed E-state index contributed by atoms with van der Waals surface area (Å²) in [5.74, 6) is 0.211. The van der Waals surface area contributed by atoms with E-state index in [1.807, 2.05) is 0 Å². The second-order valence-electron chi connectivity index (χ2n) is 2.59. The van der Waals surface area contributed by atoms with Crippen LogP contribution in [0.4, 0.5) is 0 Å². The fraction of sp³-hybridized carbons (Fsp3) is 0.333. The van der Waals surface area contributed by atoms with Gasteiger partial charge in [-0.25, -0.2) is 4.98 Å². The van der Waals surface area contributed by atoms with Crippen molar-refractivity contribution in [3.05, 3.63) is 22.3 Å². The average Bonchev–Trinajstić information content (AvgIpc) is 2.18. The van der Waals surface area contributed by atoms with E-state index in [0.29, 0.717) is 5.88 Å². The summed E-state index contributed by atoms with van der Waals surface area (Å²) in [5, 5.41) is 0. The van der Waals surface area contributed by atoms with Crippen molar-refractivity contribution in [2.45, 2.75) is 6.42 Å². The summed E-state index contributed by atoms with van der Waals surface area (Å²) in [5.41, 5.74) is 0.782. The maximum Gasteiger partial charge on any atom is 0.310 e. The monoisotopic (exact) mass is 259 g/mol. The van der Waals surface area contributed by atoms with Crippen molar-refractivity contribution in [2.75, 3.05) is 14.2 Å². The molecule has 0 aromatic carbocycles. The molecule has 0 aliphatic carbocycles. The molecular weight excluding hydrogens is 250 g/mol. The van der Waals surface area contributed by atoms with Crippen LogP contribution in [-0.4, -0.2) is 25.2 Å². The molecule has 0 aliphatic heterocycles. The lowest BCUT2D eigenvalue weighted by Crippen LogP contribution is -2.05. The van der Waals surface area contributed by atoms with E-state index in [0.717, 1.165) is 10.0 Å². The Kier molecular flexibility index (Phi) is 3.88. The molecule has 0 bridgehead atoms. The van der Waals surface area contributed by atoms with Crippen LogP contribution in [0, 0.1) is 0 Å². The number of hydrogen-bond acceptors (Lipinski definition) is 4. The van der Waals surface area contributed by atoms with Crippen LogP contribution in [0.2, 0.25) is 0 Å². The smallest absolute Gasteiger partial charge is 0.310 e. The maximum absolute atomic E-state index is 11.0. The molecule has 0 saturated heterocycles. The molecule has 0 aliphatic rings. The highest BCUT2D eigenvalue weighted by molar-refractivity contribution is 9.10. The van der Waals surface area contributed by atoms with Crippen LogP contribution in [0.3, 0.4) is 0 Å². The van der Waals surface area contributed by atoms with E-state index < -0.39 is 0 Å². The number of ether oxygens (including phenoxy) is 2. The lowest BCUT2D eigenvalue weighted by molar-refractivity contribution is -0.139. The summed E-state index contributed by atoms with van der Waals surface area (Å²) < 4.78 is 10.2. The molecule has 0 radical (unpaired) electrons. The first kappa shape index (κ1) is 11.0. The Bertz CT molecular complexity index is 341. The lowest BCUT2D eigenvalue weighted by atomic mass is 10.2. The Labute approximate surface area is 90.4 Å². The highest BCUT2D eigenvalue weighted by Gasteiger charge is 2.06. The van der Waals surface area contributed by atoms with Crippen molar-refractivity contribution in [3.63, 3.8) is 0 Å². The SMILES string of the molecule is COC(=O)Cc1cnc(OC)c(Br)c1. The fourth-order valence-electron chi connectivity index (χ4n) is 0.951. The first-order chi connectivity index (χ1) is 6.67. The standard InChI is InChI=1S/C9H10BrNO3/c1-13-8(12)4-6-3-7(10)9(14-2)11-5-6/h3,5H,4H2,1-2H3. The number of rotatable bonds is 3. The van der Waals surface area contributed by atoms with Crippen molar-refractivity contribution >= 4 is 21.9 Å². The zero-order valence-corrected chi connectivity index (χ0v) is 9.50. The van der Waals surface area contributed by atoms with E-state index in [9.17, 15) is 4.79 Å². The molecule has 5 heteroatoms. The molecule has 0 N–H and O–H groups in total. The normalized spacial score (nSPS) is 9.64. The molecule has 0 saturated carbocycles. The van der Waals surface area contributed by atoms with Gasteiger partial charge in [-0.2, -0.15) is 0 Å². The van der Waals surface area contributed by atoms with Crippen LogP contribution in [0.15, 0.2) is 16.7 Å². The molecule has 0 atom stereocenters. The zero-order valence-electron chi connectivity index (χ0n) is 7.91. The summed E-state index contributed by atoms with van der Waals surface area (Å²) in [7, 11) is 2.89. The molecule has 4 nitrogen and oxygen atoms in total. The molecule has 1 rings (SSSR count). The van der Waals surface area contributed by atoms with Gasteiger partial charge in [-0.1, -0.05) is 0 Å². The molecule has 1 aromatic heterocycles. The summed E-state index contributed by atoms with van der Waals surface area (Å²) in [6, 6.07) is 1.78. The second kappa shape index (κ2) is 4.95. The van der Waals surface area contributed by atoms with Gasteiger partial charge in [0.2, 0.25) is 5.88 Å². The molecule has 1 heterocycles. The number of methoxy groups -OCH3 is 2. The predicted molar refractivity (Wildman–Crippen MR) is 54.2 cm³/mol. The van der Waals surface area contributed by atoms with Gasteiger partial charge in [0.1, 0.15) is 0 Å². The quantitative estimate of drug-likeness (QED) is 0.774. The van der Waals surface area contributed by atoms with Crippen LogP contribution in [-0.2, 0) is 16.0 Å². The minimum Gasteiger partial charge on any atom is -0.480 e. The largest absolute Gasteiger partial charge is 0.480 e. The van der Waals surface area contributed by atoms with E-state index in [4.69, 9.17) is 4.74 Å². The average molecular weight is 260 g/mol. The second-order valence-corrected chi connectivity index (χ2v) is 3.44. The van der Waals surface area contributed by atoms with Crippen LogP contribution >= 0.6 is 15.9 Å². The summed E-state index contributed by atoms with van der Waals surface area (Å²) in [4.78, 5) is 15.0. The van der Waals surface area contributed by atoms with E-state index in [1.165, 1.54) is 14.2 Å². The van der Waals surface area contributed by atoms with Crippen LogP contribution in [0.1, 0.15) is 5.56 Å².